The molecule has 0 aliphatic rings. The van der Waals surface area contributed by atoms with Crippen molar-refractivity contribution in [2.45, 2.75) is 13.8 Å². The first-order chi connectivity index (χ1) is 7.13. The van der Waals surface area contributed by atoms with E-state index in [1.54, 1.807) is 7.11 Å². The fourth-order valence-electron chi connectivity index (χ4n) is 1.54. The van der Waals surface area contributed by atoms with E-state index >= 15 is 0 Å². The third-order valence-electron chi connectivity index (χ3n) is 2.60. The van der Waals surface area contributed by atoms with Gasteiger partial charge in [0.1, 0.15) is 5.75 Å². The predicted molar refractivity (Wildman–Crippen MR) is 62.8 cm³/mol. The maximum atomic E-state index is 6.25. The van der Waals surface area contributed by atoms with Gasteiger partial charge in [0.15, 0.2) is 0 Å². The highest BCUT2D eigenvalue weighted by Crippen LogP contribution is 2.29. The van der Waals surface area contributed by atoms with Crippen LogP contribution in [0.1, 0.15) is 11.3 Å². The van der Waals surface area contributed by atoms with E-state index in [0.29, 0.717) is 0 Å². The zero-order valence-corrected chi connectivity index (χ0v) is 9.72. The number of aryl methyl sites for hydroxylation is 1. The lowest BCUT2D eigenvalue weighted by Crippen LogP contribution is -1.91. The zero-order chi connectivity index (χ0) is 11.0. The van der Waals surface area contributed by atoms with Gasteiger partial charge in [0.25, 0.3) is 0 Å². The Morgan fingerprint density at radius 2 is 2.00 bits per heavy atom. The normalized spacial score (nSPS) is 10.7. The average molecular weight is 222 g/mol. The third-order valence-corrected chi connectivity index (χ3v) is 3.09. The Morgan fingerprint density at radius 3 is 2.67 bits per heavy atom. The third kappa shape index (κ3) is 1.65. The SMILES string of the molecule is COc1ccc2c(Cl)c(C)c(C)nc2c1. The molecule has 0 aliphatic carbocycles. The van der Waals surface area contributed by atoms with Gasteiger partial charge in [-0.15, -0.1) is 0 Å². The van der Waals surface area contributed by atoms with E-state index in [4.69, 9.17) is 16.3 Å². The number of nitrogens with zero attached hydrogens (tertiary/aromatic N) is 1. The van der Waals surface area contributed by atoms with Crippen molar-refractivity contribution in [3.8, 4) is 5.75 Å². The molecule has 0 spiro atoms. The van der Waals surface area contributed by atoms with E-state index in [9.17, 15) is 0 Å². The quantitative estimate of drug-likeness (QED) is 0.735. The Bertz CT molecular complexity index is 523. The Morgan fingerprint density at radius 1 is 1.27 bits per heavy atom. The molecular formula is C12H12ClNO. The molecule has 0 atom stereocenters. The number of hydrogen-bond acceptors (Lipinski definition) is 2. The number of fused-ring (bicyclic) bond motifs is 1. The van der Waals surface area contributed by atoms with E-state index in [1.807, 2.05) is 32.0 Å². The predicted octanol–water partition coefficient (Wildman–Crippen LogP) is 3.51. The van der Waals surface area contributed by atoms with Crippen molar-refractivity contribution in [1.82, 2.24) is 4.98 Å². The standard InChI is InChI=1S/C12H12ClNO/c1-7-8(2)14-11-6-9(15-3)4-5-10(11)12(7)13/h4-6H,1-3H3. The molecule has 0 saturated carbocycles. The molecule has 1 heterocycles. The van der Waals surface area contributed by atoms with Crippen molar-refractivity contribution < 1.29 is 4.74 Å². The molecule has 2 rings (SSSR count). The molecule has 2 nitrogen and oxygen atoms in total. The summed E-state index contributed by atoms with van der Waals surface area (Å²) >= 11 is 6.25. The first-order valence-electron chi connectivity index (χ1n) is 4.74. The second kappa shape index (κ2) is 3.70. The number of benzene rings is 1. The van der Waals surface area contributed by atoms with E-state index in [2.05, 4.69) is 4.98 Å². The van der Waals surface area contributed by atoms with Crippen LogP contribution in [-0.4, -0.2) is 12.1 Å². The van der Waals surface area contributed by atoms with Crippen molar-refractivity contribution in [2.24, 2.45) is 0 Å². The number of halogens is 1. The van der Waals surface area contributed by atoms with Crippen LogP contribution < -0.4 is 4.74 Å². The summed E-state index contributed by atoms with van der Waals surface area (Å²) in [4.78, 5) is 4.48. The highest BCUT2D eigenvalue weighted by Gasteiger charge is 2.07. The number of methoxy groups -OCH3 is 1. The van der Waals surface area contributed by atoms with Gasteiger partial charge < -0.3 is 4.74 Å². The molecule has 0 fully saturated rings. The topological polar surface area (TPSA) is 22.1 Å². The molecule has 0 unspecified atom stereocenters. The Balaban J connectivity index is 2.80. The second-order valence-electron chi connectivity index (χ2n) is 3.52. The molecule has 0 bridgehead atoms. The van der Waals surface area contributed by atoms with Crippen LogP contribution in [0.15, 0.2) is 18.2 Å². The van der Waals surface area contributed by atoms with Gasteiger partial charge in [0.05, 0.1) is 17.6 Å². The average Bonchev–Trinajstić information content (AvgIpc) is 2.25. The van der Waals surface area contributed by atoms with Gasteiger partial charge in [-0.1, -0.05) is 11.6 Å². The monoisotopic (exact) mass is 221 g/mol. The fourth-order valence-corrected chi connectivity index (χ4v) is 1.84. The molecule has 2 aromatic rings. The van der Waals surface area contributed by atoms with Crippen LogP contribution in [0.5, 0.6) is 5.75 Å². The maximum Gasteiger partial charge on any atom is 0.121 e. The number of hydrogen-bond donors (Lipinski definition) is 0. The summed E-state index contributed by atoms with van der Waals surface area (Å²) in [5, 5.41) is 1.75. The van der Waals surface area contributed by atoms with Crippen LogP contribution in [-0.2, 0) is 0 Å². The molecule has 0 amide bonds. The summed E-state index contributed by atoms with van der Waals surface area (Å²) in [6, 6.07) is 5.73. The highest BCUT2D eigenvalue weighted by molar-refractivity contribution is 6.36. The van der Waals surface area contributed by atoms with Gasteiger partial charge in [-0.25, -0.2) is 0 Å². The van der Waals surface area contributed by atoms with Crippen LogP contribution in [0.2, 0.25) is 5.02 Å². The van der Waals surface area contributed by atoms with Crippen LogP contribution in [0.25, 0.3) is 10.9 Å². The Kier molecular flexibility index (Phi) is 2.53. The van der Waals surface area contributed by atoms with Crippen molar-refractivity contribution in [3.05, 3.63) is 34.5 Å². The van der Waals surface area contributed by atoms with Gasteiger partial charge in [-0.05, 0) is 31.5 Å². The summed E-state index contributed by atoms with van der Waals surface area (Å²) in [7, 11) is 1.64. The summed E-state index contributed by atoms with van der Waals surface area (Å²) in [5.41, 5.74) is 2.87. The molecule has 3 heteroatoms. The van der Waals surface area contributed by atoms with E-state index < -0.39 is 0 Å². The van der Waals surface area contributed by atoms with Crippen molar-refractivity contribution in [2.75, 3.05) is 7.11 Å². The number of rotatable bonds is 1. The minimum atomic E-state index is 0.778. The van der Waals surface area contributed by atoms with Crippen molar-refractivity contribution >= 4 is 22.5 Å². The smallest absolute Gasteiger partial charge is 0.121 e. The summed E-state index contributed by atoms with van der Waals surface area (Å²) in [6.07, 6.45) is 0. The maximum absolute atomic E-state index is 6.25. The molecule has 0 aliphatic heterocycles. The molecule has 15 heavy (non-hydrogen) atoms. The lowest BCUT2D eigenvalue weighted by atomic mass is 10.1. The number of aromatic nitrogens is 1. The lowest BCUT2D eigenvalue weighted by molar-refractivity contribution is 0.415. The van der Waals surface area contributed by atoms with Crippen molar-refractivity contribution in [1.29, 1.82) is 0 Å². The van der Waals surface area contributed by atoms with Crippen LogP contribution in [0.4, 0.5) is 0 Å². The molecule has 0 N–H and O–H groups in total. The molecule has 1 aromatic carbocycles. The van der Waals surface area contributed by atoms with Crippen LogP contribution in [0, 0.1) is 13.8 Å². The Labute approximate surface area is 93.8 Å². The van der Waals surface area contributed by atoms with E-state index in [0.717, 1.165) is 32.9 Å². The first-order valence-corrected chi connectivity index (χ1v) is 5.11. The number of pyridine rings is 1. The number of ether oxygens (including phenoxy) is 1. The molecule has 1 aromatic heterocycles. The van der Waals surface area contributed by atoms with Gasteiger partial charge >= 0.3 is 0 Å². The minimum Gasteiger partial charge on any atom is -0.497 e. The van der Waals surface area contributed by atoms with Crippen LogP contribution in [0.3, 0.4) is 0 Å². The lowest BCUT2D eigenvalue weighted by Gasteiger charge is -2.08. The molecular weight excluding hydrogens is 210 g/mol. The van der Waals surface area contributed by atoms with Gasteiger partial charge in [0.2, 0.25) is 0 Å². The second-order valence-corrected chi connectivity index (χ2v) is 3.90. The first kappa shape index (κ1) is 10.2. The summed E-state index contributed by atoms with van der Waals surface area (Å²) in [6.45, 7) is 3.94. The summed E-state index contributed by atoms with van der Waals surface area (Å²) in [5.74, 6) is 0.800. The highest BCUT2D eigenvalue weighted by atomic mass is 35.5. The summed E-state index contributed by atoms with van der Waals surface area (Å²) < 4.78 is 5.15. The molecule has 78 valence electrons. The fraction of sp³-hybridized carbons (Fsp3) is 0.250. The largest absolute Gasteiger partial charge is 0.497 e. The van der Waals surface area contributed by atoms with Gasteiger partial charge in [0, 0.05) is 17.1 Å². The zero-order valence-electron chi connectivity index (χ0n) is 8.97. The molecule has 0 saturated heterocycles. The van der Waals surface area contributed by atoms with Gasteiger partial charge in [-0.2, -0.15) is 0 Å². The van der Waals surface area contributed by atoms with Crippen molar-refractivity contribution in [3.63, 3.8) is 0 Å². The van der Waals surface area contributed by atoms with E-state index in [-0.39, 0.29) is 0 Å². The Hall–Kier alpha value is -1.28. The van der Waals surface area contributed by atoms with Crippen LogP contribution >= 0.6 is 11.6 Å². The molecule has 0 radical (unpaired) electrons. The minimum absolute atomic E-state index is 0.778. The van der Waals surface area contributed by atoms with E-state index in [1.165, 1.54) is 0 Å². The van der Waals surface area contributed by atoms with Gasteiger partial charge in [-0.3, -0.25) is 4.98 Å².